The Labute approximate surface area is 103 Å². The minimum atomic E-state index is -0.145. The number of carbonyl (C=O) groups is 1. The highest BCUT2D eigenvalue weighted by Gasteiger charge is 2.09. The molecule has 0 aliphatic carbocycles. The summed E-state index contributed by atoms with van der Waals surface area (Å²) in [5, 5.41) is 4.80. The Balaban J connectivity index is 2.05. The number of likely N-dealkylation sites (N-methyl/N-ethyl adjacent to an activating group) is 1. The van der Waals surface area contributed by atoms with Crippen molar-refractivity contribution in [2.75, 3.05) is 26.0 Å². The summed E-state index contributed by atoms with van der Waals surface area (Å²) in [6.07, 6.45) is 0. The second-order valence-electron chi connectivity index (χ2n) is 3.50. The van der Waals surface area contributed by atoms with Crippen molar-refractivity contribution in [2.45, 2.75) is 0 Å². The normalized spacial score (nSPS) is 11.0. The van der Waals surface area contributed by atoms with Gasteiger partial charge < -0.3 is 10.2 Å². The molecule has 1 aromatic carbocycles. The van der Waals surface area contributed by atoms with Crippen molar-refractivity contribution < 1.29 is 9.63 Å². The standard InChI is InChI=1S/C11H13N3O2S/c1-14(16-2)7-10(15)13-11-12-8-5-3-4-6-9(8)17-11/h3-6H,7H2,1-2H3,(H,12,13,15). The molecule has 0 spiro atoms. The number of benzene rings is 1. The molecule has 1 aromatic heterocycles. The minimum Gasteiger partial charge on any atom is -0.302 e. The van der Waals surface area contributed by atoms with Gasteiger partial charge in [-0.15, -0.1) is 0 Å². The molecule has 2 rings (SSSR count). The molecule has 17 heavy (non-hydrogen) atoms. The quantitative estimate of drug-likeness (QED) is 0.841. The topological polar surface area (TPSA) is 54.5 Å². The van der Waals surface area contributed by atoms with Crippen LogP contribution in [0.1, 0.15) is 0 Å². The summed E-state index contributed by atoms with van der Waals surface area (Å²) in [5.74, 6) is -0.145. The molecule has 1 N–H and O–H groups in total. The number of carbonyl (C=O) groups excluding carboxylic acids is 1. The van der Waals surface area contributed by atoms with E-state index in [1.165, 1.54) is 23.5 Å². The van der Waals surface area contributed by atoms with Gasteiger partial charge in [0.2, 0.25) is 5.91 Å². The van der Waals surface area contributed by atoms with E-state index in [2.05, 4.69) is 10.3 Å². The predicted octanol–water partition coefficient (Wildman–Crippen LogP) is 1.73. The maximum absolute atomic E-state index is 11.6. The van der Waals surface area contributed by atoms with Gasteiger partial charge in [0, 0.05) is 7.05 Å². The SMILES string of the molecule is CON(C)CC(=O)Nc1nc2ccccc2s1. The maximum atomic E-state index is 11.6. The molecule has 0 radical (unpaired) electrons. The first-order valence-corrected chi connectivity index (χ1v) is 5.91. The van der Waals surface area contributed by atoms with Gasteiger partial charge in [-0.2, -0.15) is 5.06 Å². The highest BCUT2D eigenvalue weighted by atomic mass is 32.1. The van der Waals surface area contributed by atoms with Gasteiger partial charge in [0.15, 0.2) is 5.13 Å². The van der Waals surface area contributed by atoms with Crippen molar-refractivity contribution in [3.05, 3.63) is 24.3 Å². The Hall–Kier alpha value is -1.50. The Kier molecular flexibility index (Phi) is 3.68. The molecule has 2 aromatic rings. The molecule has 0 aliphatic heterocycles. The predicted molar refractivity (Wildman–Crippen MR) is 67.9 cm³/mol. The largest absolute Gasteiger partial charge is 0.302 e. The molecule has 0 atom stereocenters. The molecule has 1 amide bonds. The summed E-state index contributed by atoms with van der Waals surface area (Å²) in [4.78, 5) is 20.8. The Morgan fingerprint density at radius 2 is 2.29 bits per heavy atom. The van der Waals surface area contributed by atoms with Crippen LogP contribution in [0.4, 0.5) is 5.13 Å². The van der Waals surface area contributed by atoms with E-state index in [0.29, 0.717) is 5.13 Å². The number of para-hydroxylation sites is 1. The van der Waals surface area contributed by atoms with Crippen LogP contribution in [-0.4, -0.2) is 36.7 Å². The van der Waals surface area contributed by atoms with Crippen LogP contribution in [0.3, 0.4) is 0 Å². The van der Waals surface area contributed by atoms with E-state index >= 15 is 0 Å². The number of hydroxylamine groups is 2. The number of hydrogen-bond acceptors (Lipinski definition) is 5. The second-order valence-corrected chi connectivity index (χ2v) is 4.53. The lowest BCUT2D eigenvalue weighted by atomic mass is 10.3. The van der Waals surface area contributed by atoms with E-state index in [-0.39, 0.29) is 12.5 Å². The maximum Gasteiger partial charge on any atom is 0.242 e. The molecular formula is C11H13N3O2S. The van der Waals surface area contributed by atoms with Crippen molar-refractivity contribution in [3.8, 4) is 0 Å². The zero-order valence-electron chi connectivity index (χ0n) is 9.64. The minimum absolute atomic E-state index is 0.145. The molecule has 90 valence electrons. The average molecular weight is 251 g/mol. The Morgan fingerprint density at radius 3 is 3.00 bits per heavy atom. The first kappa shape index (κ1) is 12.0. The summed E-state index contributed by atoms with van der Waals surface area (Å²) in [6, 6.07) is 7.77. The number of rotatable bonds is 4. The molecule has 0 saturated heterocycles. The monoisotopic (exact) mass is 251 g/mol. The van der Waals surface area contributed by atoms with E-state index in [1.54, 1.807) is 7.05 Å². The number of anilines is 1. The fourth-order valence-corrected chi connectivity index (χ4v) is 2.23. The van der Waals surface area contributed by atoms with Crippen molar-refractivity contribution in [1.82, 2.24) is 10.0 Å². The highest BCUT2D eigenvalue weighted by Crippen LogP contribution is 2.25. The van der Waals surface area contributed by atoms with Crippen LogP contribution in [0.15, 0.2) is 24.3 Å². The number of nitrogens with one attached hydrogen (secondary N) is 1. The molecule has 0 saturated carbocycles. The fourth-order valence-electron chi connectivity index (χ4n) is 1.35. The van der Waals surface area contributed by atoms with E-state index in [1.807, 2.05) is 24.3 Å². The van der Waals surface area contributed by atoms with Crippen LogP contribution in [-0.2, 0) is 9.63 Å². The molecule has 6 heteroatoms. The molecule has 0 aliphatic rings. The highest BCUT2D eigenvalue weighted by molar-refractivity contribution is 7.22. The van der Waals surface area contributed by atoms with Gasteiger partial charge in [-0.25, -0.2) is 4.98 Å². The van der Waals surface area contributed by atoms with Crippen molar-refractivity contribution in [2.24, 2.45) is 0 Å². The molecule has 0 bridgehead atoms. The number of amides is 1. The van der Waals surface area contributed by atoms with E-state index in [0.717, 1.165) is 10.2 Å². The summed E-state index contributed by atoms with van der Waals surface area (Å²) in [6.45, 7) is 0.173. The van der Waals surface area contributed by atoms with Crippen LogP contribution < -0.4 is 5.32 Å². The molecule has 1 heterocycles. The lowest BCUT2D eigenvalue weighted by Gasteiger charge is -2.11. The Bertz CT molecular complexity index is 493. The lowest BCUT2D eigenvalue weighted by molar-refractivity contribution is -0.137. The van der Waals surface area contributed by atoms with Crippen molar-refractivity contribution >= 4 is 32.6 Å². The second kappa shape index (κ2) is 5.22. The number of nitrogens with zero attached hydrogens (tertiary/aromatic N) is 2. The Morgan fingerprint density at radius 1 is 1.53 bits per heavy atom. The van der Waals surface area contributed by atoms with E-state index in [9.17, 15) is 4.79 Å². The van der Waals surface area contributed by atoms with Crippen LogP contribution in [0.5, 0.6) is 0 Å². The zero-order valence-corrected chi connectivity index (χ0v) is 10.5. The first-order valence-electron chi connectivity index (χ1n) is 5.09. The van der Waals surface area contributed by atoms with Gasteiger partial charge in [-0.3, -0.25) is 4.79 Å². The van der Waals surface area contributed by atoms with Crippen LogP contribution in [0.2, 0.25) is 0 Å². The number of hydrogen-bond donors (Lipinski definition) is 1. The third kappa shape index (κ3) is 3.00. The molecule has 5 nitrogen and oxygen atoms in total. The molecule has 0 unspecified atom stereocenters. The van der Waals surface area contributed by atoms with Crippen molar-refractivity contribution in [3.63, 3.8) is 0 Å². The lowest BCUT2D eigenvalue weighted by Crippen LogP contribution is -2.29. The fraction of sp³-hybridized carbons (Fsp3) is 0.273. The third-order valence-corrected chi connectivity index (χ3v) is 3.17. The zero-order chi connectivity index (χ0) is 12.3. The molecule has 0 fully saturated rings. The first-order chi connectivity index (χ1) is 8.19. The summed E-state index contributed by atoms with van der Waals surface area (Å²) >= 11 is 1.46. The molecular weight excluding hydrogens is 238 g/mol. The van der Waals surface area contributed by atoms with Crippen LogP contribution in [0, 0.1) is 0 Å². The van der Waals surface area contributed by atoms with Crippen LogP contribution >= 0.6 is 11.3 Å². The van der Waals surface area contributed by atoms with Crippen LogP contribution in [0.25, 0.3) is 10.2 Å². The van der Waals surface area contributed by atoms with E-state index < -0.39 is 0 Å². The van der Waals surface area contributed by atoms with Gasteiger partial charge in [-0.05, 0) is 12.1 Å². The summed E-state index contributed by atoms with van der Waals surface area (Å²) < 4.78 is 1.06. The summed E-state index contributed by atoms with van der Waals surface area (Å²) in [5.41, 5.74) is 0.896. The third-order valence-electron chi connectivity index (χ3n) is 2.22. The van der Waals surface area contributed by atoms with Gasteiger partial charge in [0.05, 0.1) is 17.3 Å². The number of thiazole rings is 1. The van der Waals surface area contributed by atoms with E-state index in [4.69, 9.17) is 4.84 Å². The van der Waals surface area contributed by atoms with Gasteiger partial charge >= 0.3 is 0 Å². The smallest absolute Gasteiger partial charge is 0.242 e. The van der Waals surface area contributed by atoms with Gasteiger partial charge in [0.25, 0.3) is 0 Å². The van der Waals surface area contributed by atoms with Gasteiger partial charge in [-0.1, -0.05) is 23.5 Å². The number of fused-ring (bicyclic) bond motifs is 1. The van der Waals surface area contributed by atoms with Crippen molar-refractivity contribution in [1.29, 1.82) is 0 Å². The summed E-state index contributed by atoms with van der Waals surface area (Å²) in [7, 11) is 3.21. The van der Waals surface area contributed by atoms with Gasteiger partial charge in [0.1, 0.15) is 6.54 Å². The number of aromatic nitrogens is 1. The average Bonchev–Trinajstić information content (AvgIpc) is 2.70.